The molecule has 1 aliphatic rings. The number of amidine groups is 1. The van der Waals surface area contributed by atoms with Crippen molar-refractivity contribution in [2.75, 3.05) is 5.32 Å². The second kappa shape index (κ2) is 8.50. The van der Waals surface area contributed by atoms with Crippen molar-refractivity contribution in [3.63, 3.8) is 0 Å². The van der Waals surface area contributed by atoms with Crippen LogP contribution in [-0.4, -0.2) is 33.6 Å². The van der Waals surface area contributed by atoms with Crippen molar-refractivity contribution in [3.8, 4) is 5.75 Å². The zero-order chi connectivity index (χ0) is 19.2. The minimum absolute atomic E-state index is 0.0467. The molecule has 2 aromatic carbocycles. The van der Waals surface area contributed by atoms with E-state index in [0.29, 0.717) is 10.9 Å². The minimum Gasteiger partial charge on any atom is -0.508 e. The molecule has 0 aliphatic carbocycles. The molecule has 2 aromatic rings. The van der Waals surface area contributed by atoms with Gasteiger partial charge in [-0.2, -0.15) is 5.10 Å². The molecule has 1 heterocycles. The molecule has 138 valence electrons. The summed E-state index contributed by atoms with van der Waals surface area (Å²) in [6.07, 6.45) is 1.56. The molecular formula is C19H18N4O3S. The lowest BCUT2D eigenvalue weighted by Gasteiger charge is -2.07. The Balaban J connectivity index is 1.54. The lowest BCUT2D eigenvalue weighted by molar-refractivity contribution is -0.122. The highest BCUT2D eigenvalue weighted by Gasteiger charge is 2.32. The Labute approximate surface area is 160 Å². The summed E-state index contributed by atoms with van der Waals surface area (Å²) < 4.78 is 0. The second-order valence-electron chi connectivity index (χ2n) is 5.96. The number of amides is 2. The van der Waals surface area contributed by atoms with Crippen LogP contribution < -0.4 is 10.6 Å². The van der Waals surface area contributed by atoms with Gasteiger partial charge >= 0.3 is 0 Å². The molecule has 0 aromatic heterocycles. The number of phenols is 1. The van der Waals surface area contributed by atoms with E-state index < -0.39 is 5.25 Å². The summed E-state index contributed by atoms with van der Waals surface area (Å²) in [6, 6.07) is 13.9. The lowest BCUT2D eigenvalue weighted by atomic mass is 10.2. The summed E-state index contributed by atoms with van der Waals surface area (Å²) in [6.45, 7) is 1.97. The molecule has 8 heteroatoms. The maximum atomic E-state index is 12.1. The van der Waals surface area contributed by atoms with Gasteiger partial charge in [-0.05, 0) is 48.9 Å². The van der Waals surface area contributed by atoms with Gasteiger partial charge in [-0.1, -0.05) is 29.5 Å². The number of aromatic hydroxyl groups is 1. The number of thioether (sulfide) groups is 1. The molecule has 3 rings (SSSR count). The van der Waals surface area contributed by atoms with Crippen molar-refractivity contribution in [2.45, 2.75) is 18.6 Å². The standard InChI is InChI=1S/C19H18N4O3S/c1-12-2-6-14(7-3-12)21-17(25)10-16-18(26)22-19(27-16)23-20-11-13-4-8-15(24)9-5-13/h2-9,11,16,24H,10H2,1H3,(H,21,25)(H,22,23,26)/b20-11+. The van der Waals surface area contributed by atoms with Crippen molar-refractivity contribution < 1.29 is 14.7 Å². The zero-order valence-corrected chi connectivity index (χ0v) is 15.4. The average Bonchev–Trinajstić information content (AvgIpc) is 2.98. The van der Waals surface area contributed by atoms with E-state index in [1.807, 2.05) is 31.2 Å². The molecule has 2 amide bonds. The van der Waals surface area contributed by atoms with E-state index in [1.165, 1.54) is 18.0 Å². The topological polar surface area (TPSA) is 103 Å². The SMILES string of the molecule is Cc1ccc(NC(=O)CC2S/C(=N/N=C/c3ccc(O)cc3)NC2=O)cc1. The van der Waals surface area contributed by atoms with Gasteiger partial charge in [0.05, 0.1) is 6.21 Å². The average molecular weight is 382 g/mol. The van der Waals surface area contributed by atoms with Crippen LogP contribution in [0, 0.1) is 6.92 Å². The second-order valence-corrected chi connectivity index (χ2v) is 7.15. The number of aryl methyl sites for hydroxylation is 1. The van der Waals surface area contributed by atoms with Crippen LogP contribution in [0.2, 0.25) is 0 Å². The van der Waals surface area contributed by atoms with Gasteiger partial charge in [0.1, 0.15) is 11.0 Å². The zero-order valence-electron chi connectivity index (χ0n) is 14.5. The molecular weight excluding hydrogens is 364 g/mol. The quantitative estimate of drug-likeness (QED) is 0.546. The molecule has 0 radical (unpaired) electrons. The molecule has 0 saturated carbocycles. The van der Waals surface area contributed by atoms with Gasteiger partial charge in [0.15, 0.2) is 5.17 Å². The van der Waals surface area contributed by atoms with Gasteiger partial charge in [-0.3, -0.25) is 9.59 Å². The van der Waals surface area contributed by atoms with Crippen molar-refractivity contribution in [1.82, 2.24) is 5.32 Å². The molecule has 7 nitrogen and oxygen atoms in total. The van der Waals surface area contributed by atoms with Gasteiger partial charge < -0.3 is 15.7 Å². The van der Waals surface area contributed by atoms with Gasteiger partial charge in [0.2, 0.25) is 11.8 Å². The first kappa shape index (κ1) is 18.7. The molecule has 1 fully saturated rings. The highest BCUT2D eigenvalue weighted by Crippen LogP contribution is 2.23. The number of anilines is 1. The van der Waals surface area contributed by atoms with Crippen LogP contribution in [0.25, 0.3) is 0 Å². The number of carbonyl (C=O) groups excluding carboxylic acids is 2. The number of hydrogen-bond donors (Lipinski definition) is 3. The monoisotopic (exact) mass is 382 g/mol. The molecule has 1 atom stereocenters. The van der Waals surface area contributed by atoms with Crippen molar-refractivity contribution >= 4 is 40.6 Å². The van der Waals surface area contributed by atoms with E-state index in [2.05, 4.69) is 20.8 Å². The van der Waals surface area contributed by atoms with Crippen molar-refractivity contribution in [1.29, 1.82) is 0 Å². The Morgan fingerprint density at radius 3 is 2.63 bits per heavy atom. The van der Waals surface area contributed by atoms with Crippen LogP contribution in [-0.2, 0) is 9.59 Å². The van der Waals surface area contributed by atoms with Crippen LogP contribution in [0.1, 0.15) is 17.5 Å². The number of nitrogens with zero attached hydrogens (tertiary/aromatic N) is 2. The molecule has 1 saturated heterocycles. The lowest BCUT2D eigenvalue weighted by Crippen LogP contribution is -2.28. The van der Waals surface area contributed by atoms with Crippen LogP contribution in [0.5, 0.6) is 5.75 Å². The predicted octanol–water partition coefficient (Wildman–Crippen LogP) is 2.65. The fourth-order valence-corrected chi connectivity index (χ4v) is 3.24. The van der Waals surface area contributed by atoms with Crippen LogP contribution in [0.4, 0.5) is 5.69 Å². The third kappa shape index (κ3) is 5.42. The molecule has 0 bridgehead atoms. The molecule has 0 spiro atoms. The van der Waals surface area contributed by atoms with E-state index in [1.54, 1.807) is 24.3 Å². The van der Waals surface area contributed by atoms with Gasteiger partial charge in [0, 0.05) is 12.1 Å². The Kier molecular flexibility index (Phi) is 5.87. The summed E-state index contributed by atoms with van der Waals surface area (Å²) in [7, 11) is 0. The maximum absolute atomic E-state index is 12.1. The van der Waals surface area contributed by atoms with Crippen LogP contribution in [0.3, 0.4) is 0 Å². The predicted molar refractivity (Wildman–Crippen MR) is 107 cm³/mol. The van der Waals surface area contributed by atoms with E-state index in [0.717, 1.165) is 11.1 Å². The number of rotatable bonds is 5. The van der Waals surface area contributed by atoms with Gasteiger partial charge in [-0.15, -0.1) is 5.10 Å². The number of benzene rings is 2. The van der Waals surface area contributed by atoms with E-state index in [4.69, 9.17) is 0 Å². The maximum Gasteiger partial charge on any atom is 0.240 e. The third-order valence-corrected chi connectivity index (χ3v) is 4.80. The number of hydrogen-bond acceptors (Lipinski definition) is 6. The first-order chi connectivity index (χ1) is 13.0. The van der Waals surface area contributed by atoms with Gasteiger partial charge in [-0.25, -0.2) is 0 Å². The van der Waals surface area contributed by atoms with E-state index in [-0.39, 0.29) is 24.0 Å². The highest BCUT2D eigenvalue weighted by atomic mass is 32.2. The fourth-order valence-electron chi connectivity index (χ4n) is 2.31. The Bertz CT molecular complexity index is 892. The summed E-state index contributed by atoms with van der Waals surface area (Å²) in [5.74, 6) is -0.332. The van der Waals surface area contributed by atoms with E-state index in [9.17, 15) is 14.7 Å². The van der Waals surface area contributed by atoms with E-state index >= 15 is 0 Å². The van der Waals surface area contributed by atoms with Crippen LogP contribution >= 0.6 is 11.8 Å². The summed E-state index contributed by atoms with van der Waals surface area (Å²) in [5, 5.41) is 22.3. The molecule has 3 N–H and O–H groups in total. The summed E-state index contributed by atoms with van der Waals surface area (Å²) >= 11 is 1.17. The molecule has 27 heavy (non-hydrogen) atoms. The number of nitrogens with one attached hydrogen (secondary N) is 2. The molecule has 1 unspecified atom stereocenters. The Morgan fingerprint density at radius 2 is 1.93 bits per heavy atom. The minimum atomic E-state index is -0.543. The first-order valence-corrected chi connectivity index (χ1v) is 9.12. The normalized spacial score (nSPS) is 18.0. The summed E-state index contributed by atoms with van der Waals surface area (Å²) in [5.41, 5.74) is 2.56. The van der Waals surface area contributed by atoms with Crippen LogP contribution in [0.15, 0.2) is 58.7 Å². The number of carbonyl (C=O) groups is 2. The van der Waals surface area contributed by atoms with Gasteiger partial charge in [0.25, 0.3) is 0 Å². The summed E-state index contributed by atoms with van der Waals surface area (Å²) in [4.78, 5) is 24.2. The fraction of sp³-hybridized carbons (Fsp3) is 0.158. The highest BCUT2D eigenvalue weighted by molar-refractivity contribution is 8.15. The first-order valence-electron chi connectivity index (χ1n) is 8.24. The largest absolute Gasteiger partial charge is 0.508 e. The van der Waals surface area contributed by atoms with Crippen molar-refractivity contribution in [2.24, 2.45) is 10.2 Å². The number of phenolic OH excluding ortho intramolecular Hbond substituents is 1. The smallest absolute Gasteiger partial charge is 0.240 e. The van der Waals surface area contributed by atoms with Crippen molar-refractivity contribution in [3.05, 3.63) is 59.7 Å². The molecule has 1 aliphatic heterocycles. The third-order valence-electron chi connectivity index (χ3n) is 3.73. The Hall–Kier alpha value is -3.13. The Morgan fingerprint density at radius 1 is 1.22 bits per heavy atom.